The van der Waals surface area contributed by atoms with E-state index in [-0.39, 0.29) is 29.8 Å². The fraction of sp³-hybridized carbons (Fsp3) is 0.533. The topological polar surface area (TPSA) is 46.5 Å². The molecule has 0 spiro atoms. The van der Waals surface area contributed by atoms with Gasteiger partial charge in [-0.1, -0.05) is 25.3 Å². The molecule has 1 N–H and O–H groups in total. The number of aliphatic hydroxyl groups excluding tert-OH is 1. The molecule has 0 aromatic heterocycles. The number of hydrogen-bond acceptors (Lipinski definition) is 3. The largest absolute Gasteiger partial charge is 0.458 e. The molecule has 3 heteroatoms. The summed E-state index contributed by atoms with van der Waals surface area (Å²) in [7, 11) is 0. The highest BCUT2D eigenvalue weighted by Crippen LogP contribution is 2.51. The Hall–Kier alpha value is -1.35. The Morgan fingerprint density at radius 2 is 1.94 bits per heavy atom. The smallest absolute Gasteiger partial charge is 0.334 e. The minimum atomic E-state index is -0.497. The fourth-order valence-electron chi connectivity index (χ4n) is 3.70. The van der Waals surface area contributed by atoms with Crippen LogP contribution < -0.4 is 0 Å². The van der Waals surface area contributed by atoms with E-state index in [2.05, 4.69) is 19.7 Å². The van der Waals surface area contributed by atoms with E-state index in [1.807, 2.05) is 0 Å². The van der Waals surface area contributed by atoms with Gasteiger partial charge in [0.05, 0.1) is 6.10 Å². The van der Waals surface area contributed by atoms with Gasteiger partial charge in [0.15, 0.2) is 0 Å². The lowest BCUT2D eigenvalue weighted by molar-refractivity contribution is -0.141. The van der Waals surface area contributed by atoms with Crippen molar-refractivity contribution in [2.45, 2.75) is 31.5 Å². The molecule has 3 rings (SSSR count). The Kier molecular flexibility index (Phi) is 2.49. The molecule has 1 heterocycles. The Morgan fingerprint density at radius 1 is 1.22 bits per heavy atom. The van der Waals surface area contributed by atoms with Gasteiger partial charge in [0.2, 0.25) is 0 Å². The third-order valence-corrected chi connectivity index (χ3v) is 4.77. The van der Waals surface area contributed by atoms with Crippen molar-refractivity contribution in [2.75, 3.05) is 0 Å². The van der Waals surface area contributed by atoms with E-state index in [0.29, 0.717) is 12.0 Å². The molecule has 0 radical (unpaired) electrons. The molecule has 1 aliphatic heterocycles. The van der Waals surface area contributed by atoms with Crippen LogP contribution in [-0.2, 0) is 9.53 Å². The van der Waals surface area contributed by atoms with E-state index in [1.165, 1.54) is 0 Å². The first-order chi connectivity index (χ1) is 8.50. The third kappa shape index (κ3) is 1.43. The Balaban J connectivity index is 2.01. The van der Waals surface area contributed by atoms with Crippen LogP contribution in [0.25, 0.3) is 0 Å². The average molecular weight is 246 g/mol. The lowest BCUT2D eigenvalue weighted by atomic mass is 9.82. The summed E-state index contributed by atoms with van der Waals surface area (Å²) in [6.45, 7) is 12.0. The van der Waals surface area contributed by atoms with Gasteiger partial charge >= 0.3 is 5.97 Å². The molecule has 5 atom stereocenters. The average Bonchev–Trinajstić information content (AvgIpc) is 2.72. The molecule has 0 aromatic carbocycles. The van der Waals surface area contributed by atoms with Gasteiger partial charge in [0.25, 0.3) is 0 Å². The van der Waals surface area contributed by atoms with Crippen LogP contribution in [-0.4, -0.2) is 23.3 Å². The summed E-state index contributed by atoms with van der Waals surface area (Å²) in [5, 5.41) is 9.99. The third-order valence-electron chi connectivity index (χ3n) is 4.77. The second-order valence-corrected chi connectivity index (χ2v) is 5.66. The monoisotopic (exact) mass is 246 g/mol. The molecular formula is C15H18O3. The van der Waals surface area contributed by atoms with Crippen LogP contribution in [0.15, 0.2) is 36.5 Å². The second-order valence-electron chi connectivity index (χ2n) is 5.66. The first kappa shape index (κ1) is 11.7. The van der Waals surface area contributed by atoms with E-state index in [9.17, 15) is 9.90 Å². The highest BCUT2D eigenvalue weighted by Gasteiger charge is 2.52. The van der Waals surface area contributed by atoms with Gasteiger partial charge in [0, 0.05) is 17.4 Å². The molecule has 1 saturated heterocycles. The van der Waals surface area contributed by atoms with Crippen molar-refractivity contribution in [1.82, 2.24) is 0 Å². The zero-order chi connectivity index (χ0) is 13.0. The van der Waals surface area contributed by atoms with E-state index < -0.39 is 6.10 Å². The van der Waals surface area contributed by atoms with Crippen LogP contribution in [0.5, 0.6) is 0 Å². The van der Waals surface area contributed by atoms with Crippen molar-refractivity contribution in [3.8, 4) is 0 Å². The van der Waals surface area contributed by atoms with E-state index >= 15 is 0 Å². The number of aliphatic hydroxyl groups is 1. The van der Waals surface area contributed by atoms with Gasteiger partial charge in [-0.2, -0.15) is 0 Å². The number of rotatable bonds is 0. The summed E-state index contributed by atoms with van der Waals surface area (Å²) in [5.74, 6) is -0.0128. The van der Waals surface area contributed by atoms with Gasteiger partial charge in [-0.05, 0) is 30.8 Å². The normalized spacial score (nSPS) is 43.5. The fourth-order valence-corrected chi connectivity index (χ4v) is 3.70. The number of carbonyl (C=O) groups excluding carboxylic acids is 1. The number of carbonyl (C=O) groups is 1. The molecule has 3 fully saturated rings. The van der Waals surface area contributed by atoms with Crippen molar-refractivity contribution in [1.29, 1.82) is 0 Å². The number of ether oxygens (including phenoxy) is 1. The maximum absolute atomic E-state index is 11.7. The molecular weight excluding hydrogens is 228 g/mol. The Morgan fingerprint density at radius 3 is 2.67 bits per heavy atom. The molecule has 0 unspecified atom stereocenters. The number of allylic oxidation sites excluding steroid dienone is 1. The molecule has 0 amide bonds. The minimum Gasteiger partial charge on any atom is -0.458 e. The predicted molar refractivity (Wildman–Crippen MR) is 67.6 cm³/mol. The van der Waals surface area contributed by atoms with Gasteiger partial charge in [-0.3, -0.25) is 0 Å². The molecule has 96 valence electrons. The molecule has 18 heavy (non-hydrogen) atoms. The molecule has 3 nitrogen and oxygen atoms in total. The highest BCUT2D eigenvalue weighted by molar-refractivity contribution is 5.91. The van der Waals surface area contributed by atoms with Crippen molar-refractivity contribution < 1.29 is 14.6 Å². The minimum absolute atomic E-state index is 0.0169. The quantitative estimate of drug-likeness (QED) is 0.404. The summed E-state index contributed by atoms with van der Waals surface area (Å²) in [4.78, 5) is 11.7. The second kappa shape index (κ2) is 3.82. The number of fused-ring (bicyclic) bond motifs is 3. The Labute approximate surface area is 107 Å². The van der Waals surface area contributed by atoms with E-state index in [1.54, 1.807) is 0 Å². The lowest BCUT2D eigenvalue weighted by Gasteiger charge is -2.25. The number of esters is 1. The Bertz CT molecular complexity index is 462. The van der Waals surface area contributed by atoms with Crippen molar-refractivity contribution >= 4 is 5.97 Å². The number of hydrogen-bond donors (Lipinski definition) is 1. The predicted octanol–water partition coefficient (Wildman–Crippen LogP) is 1.99. The SMILES string of the molecule is C=C1C(=O)O[C@H]2[C@@H]3C(=C)[C@@H](O)C[C@@H]3C(=C)CC[C@H]12. The molecule has 0 bridgehead atoms. The molecule has 2 aliphatic carbocycles. The summed E-state index contributed by atoms with van der Waals surface area (Å²) in [6.07, 6.45) is 1.71. The zero-order valence-electron chi connectivity index (χ0n) is 10.4. The standard InChI is InChI=1S/C15H18O3/c1-7-4-5-10-8(2)15(17)18-14(10)13-9(3)12(16)6-11(7)13/h10-14,16H,1-6H2/t10-,11-,12+,13-,14-/m1/s1. The molecule has 0 aromatic rings. The highest BCUT2D eigenvalue weighted by atomic mass is 16.6. The molecule has 3 aliphatic rings. The zero-order valence-corrected chi connectivity index (χ0v) is 10.4. The van der Waals surface area contributed by atoms with Crippen LogP contribution in [0.3, 0.4) is 0 Å². The first-order valence-electron chi connectivity index (χ1n) is 6.45. The maximum atomic E-state index is 11.7. The van der Waals surface area contributed by atoms with E-state index in [4.69, 9.17) is 4.74 Å². The van der Waals surface area contributed by atoms with Crippen LogP contribution in [0.4, 0.5) is 0 Å². The van der Waals surface area contributed by atoms with Gasteiger partial charge in [-0.15, -0.1) is 0 Å². The van der Waals surface area contributed by atoms with Gasteiger partial charge in [-0.25, -0.2) is 4.79 Å². The maximum Gasteiger partial charge on any atom is 0.334 e. The van der Waals surface area contributed by atoms with Crippen LogP contribution in [0.1, 0.15) is 19.3 Å². The summed E-state index contributed by atoms with van der Waals surface area (Å²) in [5.41, 5.74) is 2.51. The van der Waals surface area contributed by atoms with Gasteiger partial charge in [0.1, 0.15) is 6.10 Å². The summed E-state index contributed by atoms with van der Waals surface area (Å²) in [6, 6.07) is 0. The van der Waals surface area contributed by atoms with E-state index in [0.717, 1.165) is 24.0 Å². The summed E-state index contributed by atoms with van der Waals surface area (Å²) >= 11 is 0. The lowest BCUT2D eigenvalue weighted by Crippen LogP contribution is -2.29. The van der Waals surface area contributed by atoms with Crippen molar-refractivity contribution in [3.05, 3.63) is 36.5 Å². The molecule has 2 saturated carbocycles. The van der Waals surface area contributed by atoms with Crippen LogP contribution in [0, 0.1) is 17.8 Å². The van der Waals surface area contributed by atoms with Crippen molar-refractivity contribution in [2.24, 2.45) is 17.8 Å². The van der Waals surface area contributed by atoms with Crippen molar-refractivity contribution in [3.63, 3.8) is 0 Å². The van der Waals surface area contributed by atoms with Crippen LogP contribution >= 0.6 is 0 Å². The first-order valence-corrected chi connectivity index (χ1v) is 6.45. The summed E-state index contributed by atoms with van der Waals surface area (Å²) < 4.78 is 5.49. The van der Waals surface area contributed by atoms with Crippen LogP contribution in [0.2, 0.25) is 0 Å². The van der Waals surface area contributed by atoms with Gasteiger partial charge < -0.3 is 9.84 Å².